The molecule has 0 saturated carbocycles. The molecule has 3 aromatic carbocycles. The standard InChI is InChI=1S/C38H47N5O9/c1-24(2)52-29-14-12-27(13-15-29)38(48)43-18-17-40-37(47)30(20-26-10-7-6-8-11-26)42-35(45)25(3)41-36(46)28-21-31(49-4)34(32(22-28)50-5)51-19-9-16-39-33(44)23-43/h6-8,10-15,21-22,24-25,30H,9,16-20,23H2,1-5H3,(H,39,44)(H,40,47)(H,41,46)(H,42,45)/t25-,30+/m0/s1. The number of fused-ring (bicyclic) bond motifs is 19. The van der Waals surface area contributed by atoms with Gasteiger partial charge in [-0.1, -0.05) is 30.3 Å². The first kappa shape index (κ1) is 39.0. The molecule has 14 nitrogen and oxygen atoms in total. The van der Waals surface area contributed by atoms with Gasteiger partial charge in [-0.05, 0) is 69.2 Å². The van der Waals surface area contributed by atoms with E-state index in [9.17, 15) is 24.0 Å². The largest absolute Gasteiger partial charge is 0.493 e. The third-order valence-corrected chi connectivity index (χ3v) is 8.04. The van der Waals surface area contributed by atoms with Gasteiger partial charge in [0.25, 0.3) is 11.8 Å². The van der Waals surface area contributed by atoms with E-state index in [4.69, 9.17) is 18.9 Å². The highest BCUT2D eigenvalue weighted by Crippen LogP contribution is 2.38. The molecule has 0 aliphatic carbocycles. The first-order valence-electron chi connectivity index (χ1n) is 17.1. The van der Waals surface area contributed by atoms with Crippen molar-refractivity contribution < 1.29 is 42.9 Å². The lowest BCUT2D eigenvalue weighted by molar-refractivity contribution is -0.129. The van der Waals surface area contributed by atoms with Crippen molar-refractivity contribution >= 4 is 29.5 Å². The topological polar surface area (TPSA) is 174 Å². The minimum atomic E-state index is -1.03. The van der Waals surface area contributed by atoms with Crippen molar-refractivity contribution in [3.05, 3.63) is 83.4 Å². The smallest absolute Gasteiger partial charge is 0.254 e. The highest BCUT2D eigenvalue weighted by molar-refractivity contribution is 5.99. The highest BCUT2D eigenvalue weighted by atomic mass is 16.5. The van der Waals surface area contributed by atoms with Gasteiger partial charge in [-0.15, -0.1) is 0 Å². The number of nitrogens with zero attached hydrogens (tertiary/aromatic N) is 1. The Morgan fingerprint density at radius 3 is 2.19 bits per heavy atom. The number of hydrogen-bond donors (Lipinski definition) is 4. The summed E-state index contributed by atoms with van der Waals surface area (Å²) in [6.07, 6.45) is 0.511. The second-order valence-electron chi connectivity index (χ2n) is 12.4. The second kappa shape index (κ2) is 19.0. The van der Waals surface area contributed by atoms with Crippen LogP contribution in [0, 0.1) is 0 Å². The van der Waals surface area contributed by atoms with Crippen LogP contribution >= 0.6 is 0 Å². The van der Waals surface area contributed by atoms with Gasteiger partial charge >= 0.3 is 0 Å². The zero-order valence-electron chi connectivity index (χ0n) is 30.2. The van der Waals surface area contributed by atoms with E-state index in [0.717, 1.165) is 5.56 Å². The fourth-order valence-electron chi connectivity index (χ4n) is 5.38. The molecule has 2 bridgehead atoms. The Morgan fingerprint density at radius 2 is 1.56 bits per heavy atom. The molecular weight excluding hydrogens is 670 g/mol. The molecule has 0 saturated heterocycles. The maximum Gasteiger partial charge on any atom is 0.254 e. The van der Waals surface area contributed by atoms with E-state index in [1.807, 2.05) is 44.2 Å². The van der Waals surface area contributed by atoms with E-state index in [1.165, 1.54) is 38.2 Å². The number of methoxy groups -OCH3 is 2. The molecule has 2 heterocycles. The molecule has 14 heteroatoms. The predicted octanol–water partition coefficient (Wildman–Crippen LogP) is 2.49. The molecule has 278 valence electrons. The summed E-state index contributed by atoms with van der Waals surface area (Å²) < 4.78 is 22.6. The highest BCUT2D eigenvalue weighted by Gasteiger charge is 2.27. The van der Waals surface area contributed by atoms with E-state index in [0.29, 0.717) is 17.7 Å². The van der Waals surface area contributed by atoms with E-state index in [1.54, 1.807) is 24.3 Å². The minimum absolute atomic E-state index is 0.000988. The van der Waals surface area contributed by atoms with Crippen molar-refractivity contribution in [2.45, 2.75) is 51.8 Å². The summed E-state index contributed by atoms with van der Waals surface area (Å²) >= 11 is 0. The van der Waals surface area contributed by atoms with Gasteiger partial charge in [-0.2, -0.15) is 0 Å². The Kier molecular flexibility index (Phi) is 14.2. The zero-order chi connectivity index (χ0) is 37.6. The molecule has 0 spiro atoms. The maximum atomic E-state index is 13.7. The first-order chi connectivity index (χ1) is 25.0. The summed E-state index contributed by atoms with van der Waals surface area (Å²) in [7, 11) is 2.84. The van der Waals surface area contributed by atoms with Crippen LogP contribution in [0.5, 0.6) is 23.0 Å². The lowest BCUT2D eigenvalue weighted by Crippen LogP contribution is -2.54. The van der Waals surface area contributed by atoms with Gasteiger partial charge in [0.15, 0.2) is 11.5 Å². The van der Waals surface area contributed by atoms with Crippen LogP contribution in [0.15, 0.2) is 66.7 Å². The Bertz CT molecular complexity index is 1670. The average molecular weight is 718 g/mol. The number of ether oxygens (including phenoxy) is 4. The molecule has 0 fully saturated rings. The second-order valence-corrected chi connectivity index (χ2v) is 12.4. The monoisotopic (exact) mass is 717 g/mol. The first-order valence-corrected chi connectivity index (χ1v) is 17.1. The number of carbonyl (C=O) groups is 5. The number of nitrogens with one attached hydrogen (secondary N) is 4. The average Bonchev–Trinajstić information content (AvgIpc) is 3.13. The molecule has 52 heavy (non-hydrogen) atoms. The maximum absolute atomic E-state index is 13.7. The van der Waals surface area contributed by atoms with Gasteiger partial charge < -0.3 is 45.1 Å². The van der Waals surface area contributed by atoms with Crippen molar-refractivity contribution in [1.82, 2.24) is 26.2 Å². The number of benzene rings is 3. The SMILES string of the molecule is COc1cc2cc(OC)c1OCCCNC(=O)CN(C(=O)c1ccc(OC(C)C)cc1)CCNC(=O)[C@@H](Cc1ccccc1)NC(=O)[C@H](C)NC2=O. The van der Waals surface area contributed by atoms with Crippen LogP contribution in [0.2, 0.25) is 0 Å². The Balaban J connectivity index is 1.61. The van der Waals surface area contributed by atoms with Crippen molar-refractivity contribution in [2.75, 3.05) is 47.0 Å². The lowest BCUT2D eigenvalue weighted by Gasteiger charge is -2.25. The summed E-state index contributed by atoms with van der Waals surface area (Å²) in [6.45, 7) is 5.43. The minimum Gasteiger partial charge on any atom is -0.493 e. The predicted molar refractivity (Wildman–Crippen MR) is 193 cm³/mol. The Hall–Kier alpha value is -5.79. The number of carbonyl (C=O) groups excluding carboxylic acids is 5. The number of amides is 5. The van der Waals surface area contributed by atoms with Gasteiger partial charge in [0.2, 0.25) is 23.5 Å². The molecule has 0 aromatic heterocycles. The molecule has 2 atom stereocenters. The summed E-state index contributed by atoms with van der Waals surface area (Å²) in [5, 5.41) is 11.0. The van der Waals surface area contributed by atoms with Gasteiger partial charge in [0.1, 0.15) is 17.8 Å². The van der Waals surface area contributed by atoms with Crippen LogP contribution < -0.4 is 40.2 Å². The van der Waals surface area contributed by atoms with Gasteiger partial charge in [0.05, 0.1) is 33.5 Å². The molecule has 4 N–H and O–H groups in total. The van der Waals surface area contributed by atoms with Crippen LogP contribution in [0.25, 0.3) is 0 Å². The summed E-state index contributed by atoms with van der Waals surface area (Å²) in [5.41, 5.74) is 1.29. The van der Waals surface area contributed by atoms with Crippen molar-refractivity contribution in [2.24, 2.45) is 0 Å². The fraction of sp³-hybridized carbons (Fsp3) is 0.395. The molecular formula is C38H47N5O9. The van der Waals surface area contributed by atoms with Gasteiger partial charge in [-0.25, -0.2) is 0 Å². The van der Waals surface area contributed by atoms with Crippen LogP contribution in [-0.2, 0) is 20.8 Å². The van der Waals surface area contributed by atoms with Crippen LogP contribution in [0.4, 0.5) is 0 Å². The summed E-state index contributed by atoms with van der Waals surface area (Å²) in [5.74, 6) is -1.18. The third kappa shape index (κ3) is 11.1. The molecule has 5 rings (SSSR count). The molecule has 0 unspecified atom stereocenters. The molecule has 2 aliphatic rings. The summed E-state index contributed by atoms with van der Waals surface area (Å²) in [4.78, 5) is 68.3. The zero-order valence-corrected chi connectivity index (χ0v) is 30.2. The molecule has 5 amide bonds. The lowest BCUT2D eigenvalue weighted by atomic mass is 10.0. The molecule has 2 aliphatic heterocycles. The van der Waals surface area contributed by atoms with Crippen molar-refractivity contribution in [3.63, 3.8) is 0 Å². The Labute approximate surface area is 303 Å². The number of rotatable bonds is 7. The van der Waals surface area contributed by atoms with Crippen LogP contribution in [0.3, 0.4) is 0 Å². The fourth-order valence-corrected chi connectivity index (χ4v) is 5.38. The van der Waals surface area contributed by atoms with E-state index < -0.39 is 41.6 Å². The van der Waals surface area contributed by atoms with Gasteiger partial charge in [0, 0.05) is 37.2 Å². The quantitative estimate of drug-likeness (QED) is 0.268. The molecule has 0 radical (unpaired) electrons. The van der Waals surface area contributed by atoms with Crippen molar-refractivity contribution in [1.29, 1.82) is 0 Å². The Morgan fingerprint density at radius 1 is 0.885 bits per heavy atom. The normalized spacial score (nSPS) is 18.1. The van der Waals surface area contributed by atoms with E-state index in [2.05, 4.69) is 21.3 Å². The number of hydrogen-bond acceptors (Lipinski definition) is 9. The van der Waals surface area contributed by atoms with E-state index in [-0.39, 0.29) is 68.1 Å². The van der Waals surface area contributed by atoms with Crippen LogP contribution in [-0.4, -0.2) is 99.6 Å². The molecule has 3 aromatic rings. The van der Waals surface area contributed by atoms with Gasteiger partial charge in [-0.3, -0.25) is 24.0 Å². The van der Waals surface area contributed by atoms with E-state index >= 15 is 0 Å². The summed E-state index contributed by atoms with van der Waals surface area (Å²) in [6, 6.07) is 16.6. The third-order valence-electron chi connectivity index (χ3n) is 8.04. The van der Waals surface area contributed by atoms with Crippen molar-refractivity contribution in [3.8, 4) is 23.0 Å². The van der Waals surface area contributed by atoms with Crippen LogP contribution in [0.1, 0.15) is 53.5 Å².